The molecule has 1 aliphatic carbocycles. The van der Waals surface area contributed by atoms with Crippen LogP contribution in [0.15, 0.2) is 23.2 Å². The molecule has 0 bridgehead atoms. The van der Waals surface area contributed by atoms with Gasteiger partial charge in [0.15, 0.2) is 0 Å². The number of hydrogen-bond acceptors (Lipinski definition) is 4. The third kappa shape index (κ3) is 6.10. The summed E-state index contributed by atoms with van der Waals surface area (Å²) >= 11 is 0. The predicted octanol–water partition coefficient (Wildman–Crippen LogP) is 3.90. The van der Waals surface area contributed by atoms with Crippen LogP contribution in [0.25, 0.3) is 0 Å². The summed E-state index contributed by atoms with van der Waals surface area (Å²) in [7, 11) is 0. The molecule has 4 heteroatoms. The molecule has 122 valence electrons. The summed E-state index contributed by atoms with van der Waals surface area (Å²) in [6, 6.07) is 0. The second-order valence-corrected chi connectivity index (χ2v) is 5.93. The smallest absolute Gasteiger partial charge is 0.135 e. The van der Waals surface area contributed by atoms with Crippen molar-refractivity contribution >= 4 is 0 Å². The quantitative estimate of drug-likeness (QED) is 0.461. The van der Waals surface area contributed by atoms with Crippen molar-refractivity contribution in [3.05, 3.63) is 23.2 Å². The maximum atomic E-state index is 9.80. The number of hydrogen-bond donors (Lipinski definition) is 4. The second kappa shape index (κ2) is 9.85. The minimum absolute atomic E-state index is 0.208. The summed E-state index contributed by atoms with van der Waals surface area (Å²) in [5, 5.41) is 38.6. The zero-order valence-electron chi connectivity index (χ0n) is 13.1. The van der Waals surface area contributed by atoms with Gasteiger partial charge in [-0.25, -0.2) is 0 Å². The lowest BCUT2D eigenvalue weighted by atomic mass is 9.93. The van der Waals surface area contributed by atoms with Crippen molar-refractivity contribution in [1.82, 2.24) is 0 Å². The fraction of sp³-hybridized carbons (Fsp3) is 0.765. The molecular formula is C17H30O4. The van der Waals surface area contributed by atoms with E-state index in [0.717, 1.165) is 25.3 Å². The lowest BCUT2D eigenvalue weighted by Gasteiger charge is -2.23. The first kappa shape index (κ1) is 18.1. The Balaban J connectivity index is 2.16. The zero-order valence-corrected chi connectivity index (χ0v) is 13.1. The van der Waals surface area contributed by atoms with E-state index in [1.54, 1.807) is 0 Å². The third-order valence-electron chi connectivity index (χ3n) is 4.10. The molecule has 1 aliphatic rings. The van der Waals surface area contributed by atoms with Crippen LogP contribution in [0.2, 0.25) is 0 Å². The van der Waals surface area contributed by atoms with Gasteiger partial charge in [-0.05, 0) is 18.9 Å². The first-order valence-electron chi connectivity index (χ1n) is 8.26. The molecule has 0 aromatic heterocycles. The first-order valence-corrected chi connectivity index (χ1v) is 8.26. The van der Waals surface area contributed by atoms with Crippen LogP contribution in [0, 0.1) is 0 Å². The lowest BCUT2D eigenvalue weighted by molar-refractivity contribution is 0.127. The van der Waals surface area contributed by atoms with Crippen molar-refractivity contribution in [3.8, 4) is 0 Å². The fourth-order valence-corrected chi connectivity index (χ4v) is 2.73. The molecule has 0 amide bonds. The SMILES string of the molecule is CCCCCCCCCCCC1=C(O)C(O)C=C(O)C1O. The van der Waals surface area contributed by atoms with Gasteiger partial charge < -0.3 is 20.4 Å². The monoisotopic (exact) mass is 298 g/mol. The van der Waals surface area contributed by atoms with E-state index in [4.69, 9.17) is 0 Å². The standard InChI is InChI=1S/C17H30O4/c1-2-3-4-5-6-7-8-9-10-11-13-16(20)14(18)12-15(19)17(13)21/h12,14,17-21H,2-11H2,1H3. The van der Waals surface area contributed by atoms with E-state index < -0.39 is 12.2 Å². The van der Waals surface area contributed by atoms with Crippen molar-refractivity contribution < 1.29 is 20.4 Å². The molecular weight excluding hydrogens is 268 g/mol. The van der Waals surface area contributed by atoms with Gasteiger partial charge in [0.2, 0.25) is 0 Å². The Morgan fingerprint density at radius 3 is 1.95 bits per heavy atom. The fourth-order valence-electron chi connectivity index (χ4n) is 2.73. The Hall–Kier alpha value is -1.00. The molecule has 0 spiro atoms. The van der Waals surface area contributed by atoms with Crippen LogP contribution >= 0.6 is 0 Å². The Morgan fingerprint density at radius 2 is 1.38 bits per heavy atom. The number of aliphatic hydroxyl groups excluding tert-OH is 4. The molecule has 2 unspecified atom stereocenters. The Kier molecular flexibility index (Phi) is 8.47. The third-order valence-corrected chi connectivity index (χ3v) is 4.10. The van der Waals surface area contributed by atoms with Gasteiger partial charge in [-0.2, -0.15) is 0 Å². The van der Waals surface area contributed by atoms with E-state index in [9.17, 15) is 20.4 Å². The molecule has 0 aromatic rings. The molecule has 0 fully saturated rings. The highest BCUT2D eigenvalue weighted by molar-refractivity contribution is 5.31. The molecule has 2 atom stereocenters. The van der Waals surface area contributed by atoms with Gasteiger partial charge in [-0.1, -0.05) is 58.3 Å². The van der Waals surface area contributed by atoms with E-state index in [-0.39, 0.29) is 11.5 Å². The van der Waals surface area contributed by atoms with Gasteiger partial charge >= 0.3 is 0 Å². The average molecular weight is 298 g/mol. The molecule has 0 saturated carbocycles. The molecule has 0 radical (unpaired) electrons. The molecule has 0 aromatic carbocycles. The van der Waals surface area contributed by atoms with Crippen LogP contribution in [-0.2, 0) is 0 Å². The number of aliphatic hydroxyl groups is 4. The number of unbranched alkanes of at least 4 members (excludes halogenated alkanes) is 8. The van der Waals surface area contributed by atoms with Gasteiger partial charge in [0.05, 0.1) is 0 Å². The van der Waals surface area contributed by atoms with Crippen molar-refractivity contribution in [3.63, 3.8) is 0 Å². The molecule has 4 nitrogen and oxygen atoms in total. The highest BCUT2D eigenvalue weighted by atomic mass is 16.3. The summed E-state index contributed by atoms with van der Waals surface area (Å²) in [6.45, 7) is 2.22. The Morgan fingerprint density at radius 1 is 0.857 bits per heavy atom. The summed E-state index contributed by atoms with van der Waals surface area (Å²) in [4.78, 5) is 0. The summed E-state index contributed by atoms with van der Waals surface area (Å²) in [6.07, 6.45) is 10.0. The first-order chi connectivity index (χ1) is 10.1. The lowest BCUT2D eigenvalue weighted by Crippen LogP contribution is -2.26. The minimum Gasteiger partial charge on any atom is -0.509 e. The van der Waals surface area contributed by atoms with E-state index in [0.29, 0.717) is 12.0 Å². The topological polar surface area (TPSA) is 80.9 Å². The second-order valence-electron chi connectivity index (χ2n) is 5.93. The maximum absolute atomic E-state index is 9.80. The van der Waals surface area contributed by atoms with Crippen LogP contribution in [-0.4, -0.2) is 32.6 Å². The zero-order chi connectivity index (χ0) is 15.7. The summed E-state index contributed by atoms with van der Waals surface area (Å²) < 4.78 is 0. The van der Waals surface area contributed by atoms with Crippen LogP contribution in [0.3, 0.4) is 0 Å². The van der Waals surface area contributed by atoms with Gasteiger partial charge in [0, 0.05) is 5.57 Å². The van der Waals surface area contributed by atoms with E-state index in [1.807, 2.05) is 0 Å². The minimum atomic E-state index is -1.19. The average Bonchev–Trinajstić information content (AvgIpc) is 2.46. The number of rotatable bonds is 10. The highest BCUT2D eigenvalue weighted by Gasteiger charge is 2.28. The van der Waals surface area contributed by atoms with Gasteiger partial charge in [-0.15, -0.1) is 0 Å². The van der Waals surface area contributed by atoms with Gasteiger partial charge in [0.1, 0.15) is 23.7 Å². The predicted molar refractivity (Wildman–Crippen MR) is 84.2 cm³/mol. The molecule has 0 heterocycles. The van der Waals surface area contributed by atoms with Crippen LogP contribution in [0.4, 0.5) is 0 Å². The Bertz CT molecular complexity index is 360. The van der Waals surface area contributed by atoms with Crippen molar-refractivity contribution in [2.24, 2.45) is 0 Å². The van der Waals surface area contributed by atoms with E-state index >= 15 is 0 Å². The van der Waals surface area contributed by atoms with E-state index in [1.165, 1.54) is 38.5 Å². The summed E-state index contributed by atoms with van der Waals surface area (Å²) in [5.74, 6) is -0.480. The molecule has 4 N–H and O–H groups in total. The van der Waals surface area contributed by atoms with E-state index in [2.05, 4.69) is 6.92 Å². The van der Waals surface area contributed by atoms with Crippen molar-refractivity contribution in [2.45, 2.75) is 83.3 Å². The molecule has 0 aliphatic heterocycles. The highest BCUT2D eigenvalue weighted by Crippen LogP contribution is 2.27. The summed E-state index contributed by atoms with van der Waals surface area (Å²) in [5.41, 5.74) is 0.352. The maximum Gasteiger partial charge on any atom is 0.135 e. The normalized spacial score (nSPS) is 22.5. The molecule has 1 rings (SSSR count). The van der Waals surface area contributed by atoms with Crippen LogP contribution in [0.5, 0.6) is 0 Å². The molecule has 0 saturated heterocycles. The Labute approximate surface area is 127 Å². The van der Waals surface area contributed by atoms with Gasteiger partial charge in [0.25, 0.3) is 0 Å². The van der Waals surface area contributed by atoms with Crippen LogP contribution < -0.4 is 0 Å². The molecule has 21 heavy (non-hydrogen) atoms. The largest absolute Gasteiger partial charge is 0.509 e. The van der Waals surface area contributed by atoms with Gasteiger partial charge in [-0.3, -0.25) is 0 Å². The van der Waals surface area contributed by atoms with Crippen molar-refractivity contribution in [1.29, 1.82) is 0 Å². The van der Waals surface area contributed by atoms with Crippen LogP contribution in [0.1, 0.15) is 71.1 Å². The van der Waals surface area contributed by atoms with Crippen molar-refractivity contribution in [2.75, 3.05) is 0 Å².